The third-order valence-electron chi connectivity index (χ3n) is 9.70. The SMILES string of the molecule is CN1CCCC1c1ccc(Cc2cc(-c3cccc(N4CCc5c(cc6n5CCCC6)C4=O)c3CO)cn(C)c2=O)nc1. The second-order valence-electron chi connectivity index (χ2n) is 12.3. The molecule has 0 spiro atoms. The van der Waals surface area contributed by atoms with Gasteiger partial charge in [-0.2, -0.15) is 0 Å². The minimum Gasteiger partial charge on any atom is -0.392 e. The van der Waals surface area contributed by atoms with Gasteiger partial charge in [0.25, 0.3) is 11.5 Å². The highest BCUT2D eigenvalue weighted by Gasteiger charge is 2.32. The number of pyridine rings is 2. The Balaban J connectivity index is 1.20. The maximum Gasteiger partial charge on any atom is 0.260 e. The molecule has 222 valence electrons. The molecule has 3 aromatic heterocycles. The van der Waals surface area contributed by atoms with Crippen LogP contribution in [0.1, 0.15) is 75.9 Å². The summed E-state index contributed by atoms with van der Waals surface area (Å²) in [5.74, 6) is -0.00512. The number of fused-ring (bicyclic) bond motifs is 3. The van der Waals surface area contributed by atoms with E-state index in [4.69, 9.17) is 4.98 Å². The third kappa shape index (κ3) is 4.92. The van der Waals surface area contributed by atoms with Crippen molar-refractivity contribution >= 4 is 11.6 Å². The molecule has 0 saturated carbocycles. The summed E-state index contributed by atoms with van der Waals surface area (Å²) in [6.45, 7) is 2.45. The van der Waals surface area contributed by atoms with E-state index in [2.05, 4.69) is 28.6 Å². The quantitative estimate of drug-likeness (QED) is 0.361. The van der Waals surface area contributed by atoms with Gasteiger partial charge in [-0.25, -0.2) is 0 Å². The average molecular weight is 578 g/mol. The fraction of sp³-hybridized carbons (Fsp3) is 0.400. The zero-order valence-electron chi connectivity index (χ0n) is 25.1. The van der Waals surface area contributed by atoms with Crippen LogP contribution in [-0.2, 0) is 39.5 Å². The number of aromatic nitrogens is 3. The number of anilines is 1. The molecule has 0 bridgehead atoms. The number of benzene rings is 1. The predicted molar refractivity (Wildman–Crippen MR) is 167 cm³/mol. The van der Waals surface area contributed by atoms with Gasteiger partial charge in [-0.05, 0) is 86.7 Å². The molecule has 8 nitrogen and oxygen atoms in total. The van der Waals surface area contributed by atoms with Crippen LogP contribution in [0.25, 0.3) is 11.1 Å². The van der Waals surface area contributed by atoms with E-state index in [0.29, 0.717) is 30.1 Å². The van der Waals surface area contributed by atoms with Crippen LogP contribution < -0.4 is 10.5 Å². The molecule has 6 heterocycles. The summed E-state index contributed by atoms with van der Waals surface area (Å²) in [6, 6.07) is 14.4. The Labute approximate surface area is 252 Å². The van der Waals surface area contributed by atoms with E-state index in [1.54, 1.807) is 11.6 Å². The number of rotatable bonds is 6. The lowest BCUT2D eigenvalue weighted by molar-refractivity contribution is 0.0979. The summed E-state index contributed by atoms with van der Waals surface area (Å²) in [5, 5.41) is 10.6. The average Bonchev–Trinajstić information content (AvgIpc) is 3.63. The first kappa shape index (κ1) is 27.8. The van der Waals surface area contributed by atoms with Gasteiger partial charge in [0.1, 0.15) is 0 Å². The largest absolute Gasteiger partial charge is 0.392 e. The van der Waals surface area contributed by atoms with Crippen LogP contribution >= 0.6 is 0 Å². The molecular weight excluding hydrogens is 538 g/mol. The smallest absolute Gasteiger partial charge is 0.260 e. The predicted octanol–water partition coefficient (Wildman–Crippen LogP) is 4.64. The van der Waals surface area contributed by atoms with Gasteiger partial charge in [-0.1, -0.05) is 18.2 Å². The van der Waals surface area contributed by atoms with E-state index in [1.807, 2.05) is 47.6 Å². The number of aliphatic hydroxyl groups excluding tert-OH is 1. The first-order valence-corrected chi connectivity index (χ1v) is 15.5. The Morgan fingerprint density at radius 2 is 1.84 bits per heavy atom. The summed E-state index contributed by atoms with van der Waals surface area (Å²) in [4.78, 5) is 35.9. The number of likely N-dealkylation sites (tertiary alicyclic amines) is 1. The van der Waals surface area contributed by atoms with Crippen molar-refractivity contribution in [1.29, 1.82) is 0 Å². The van der Waals surface area contributed by atoms with E-state index in [-0.39, 0.29) is 18.1 Å². The molecule has 1 atom stereocenters. The number of aryl methyl sites for hydroxylation is 2. The Kier molecular flexibility index (Phi) is 7.27. The van der Waals surface area contributed by atoms with Crippen LogP contribution in [0.3, 0.4) is 0 Å². The number of aliphatic hydroxyl groups is 1. The molecule has 3 aliphatic rings. The van der Waals surface area contributed by atoms with E-state index >= 15 is 0 Å². The molecule has 1 fully saturated rings. The highest BCUT2D eigenvalue weighted by Crippen LogP contribution is 2.36. The number of amides is 1. The second-order valence-corrected chi connectivity index (χ2v) is 12.3. The van der Waals surface area contributed by atoms with Crippen molar-refractivity contribution in [2.75, 3.05) is 25.0 Å². The molecule has 0 aliphatic carbocycles. The van der Waals surface area contributed by atoms with Crippen LogP contribution in [-0.4, -0.2) is 50.2 Å². The zero-order valence-corrected chi connectivity index (χ0v) is 25.1. The maximum absolute atomic E-state index is 13.8. The Bertz CT molecular complexity index is 1750. The van der Waals surface area contributed by atoms with Gasteiger partial charge < -0.3 is 19.1 Å². The minimum absolute atomic E-state index is 0.00512. The lowest BCUT2D eigenvalue weighted by Gasteiger charge is -2.30. The lowest BCUT2D eigenvalue weighted by Crippen LogP contribution is -2.38. The molecule has 1 amide bonds. The number of carbonyl (C=O) groups excluding carboxylic acids is 1. The summed E-state index contributed by atoms with van der Waals surface area (Å²) in [6.07, 6.45) is 10.7. The molecule has 0 radical (unpaired) electrons. The molecular formula is C35H39N5O3. The minimum atomic E-state index is -0.217. The number of hydrogen-bond acceptors (Lipinski definition) is 5. The van der Waals surface area contributed by atoms with Crippen LogP contribution in [0.5, 0.6) is 0 Å². The van der Waals surface area contributed by atoms with Crippen molar-refractivity contribution in [3.05, 3.63) is 105 Å². The first-order chi connectivity index (χ1) is 20.9. The van der Waals surface area contributed by atoms with Crippen molar-refractivity contribution < 1.29 is 9.90 Å². The molecule has 43 heavy (non-hydrogen) atoms. The molecule has 3 aliphatic heterocycles. The Morgan fingerprint density at radius 1 is 0.953 bits per heavy atom. The standard InChI is InChI=1S/C35H39N5O3/c1-37-14-6-10-31(37)23-11-12-26(36-20-23)18-24-17-25(21-38(2)34(24)42)28-8-5-9-32(30(28)22-41)40-16-13-33-29(35(40)43)19-27-7-3-4-15-39(27)33/h5,8-9,11-12,17,19-21,31,41H,3-4,6-7,10,13-16,18,22H2,1-2H3. The van der Waals surface area contributed by atoms with Crippen LogP contribution in [0, 0.1) is 0 Å². The van der Waals surface area contributed by atoms with Crippen LogP contribution in [0.4, 0.5) is 5.69 Å². The second kappa shape index (κ2) is 11.2. The molecule has 1 aromatic carbocycles. The summed E-state index contributed by atoms with van der Waals surface area (Å²) in [5.41, 5.74) is 8.91. The van der Waals surface area contributed by atoms with Gasteiger partial charge >= 0.3 is 0 Å². The third-order valence-corrected chi connectivity index (χ3v) is 9.70. The monoisotopic (exact) mass is 577 g/mol. The van der Waals surface area contributed by atoms with Gasteiger partial charge in [0, 0.05) is 79.6 Å². The van der Waals surface area contributed by atoms with Gasteiger partial charge in [0.05, 0.1) is 17.9 Å². The van der Waals surface area contributed by atoms with Gasteiger partial charge in [0.2, 0.25) is 0 Å². The molecule has 1 saturated heterocycles. The fourth-order valence-corrected chi connectivity index (χ4v) is 7.44. The topological polar surface area (TPSA) is 83.6 Å². The van der Waals surface area contributed by atoms with Crippen LogP contribution in [0.2, 0.25) is 0 Å². The molecule has 7 rings (SSSR count). The van der Waals surface area contributed by atoms with E-state index in [0.717, 1.165) is 72.5 Å². The van der Waals surface area contributed by atoms with E-state index in [9.17, 15) is 14.7 Å². The van der Waals surface area contributed by atoms with Gasteiger partial charge in [-0.3, -0.25) is 19.5 Å². The summed E-state index contributed by atoms with van der Waals surface area (Å²) in [7, 11) is 3.91. The number of carbonyl (C=O) groups is 1. The van der Waals surface area contributed by atoms with Crippen molar-refractivity contribution in [1.82, 2.24) is 19.0 Å². The maximum atomic E-state index is 13.8. The van der Waals surface area contributed by atoms with Crippen molar-refractivity contribution in [3.63, 3.8) is 0 Å². The normalized spacial score (nSPS) is 18.6. The van der Waals surface area contributed by atoms with Crippen molar-refractivity contribution in [3.8, 4) is 11.1 Å². The Hall–Kier alpha value is -4.01. The molecule has 8 heteroatoms. The summed E-state index contributed by atoms with van der Waals surface area (Å²) < 4.78 is 3.95. The van der Waals surface area contributed by atoms with Crippen molar-refractivity contribution in [2.24, 2.45) is 7.05 Å². The van der Waals surface area contributed by atoms with Gasteiger partial charge in [-0.15, -0.1) is 0 Å². The Morgan fingerprint density at radius 3 is 2.60 bits per heavy atom. The van der Waals surface area contributed by atoms with Crippen molar-refractivity contribution in [2.45, 2.75) is 64.1 Å². The number of hydrogen-bond donors (Lipinski definition) is 1. The highest BCUT2D eigenvalue weighted by molar-refractivity contribution is 6.09. The lowest BCUT2D eigenvalue weighted by atomic mass is 9.96. The fourth-order valence-electron chi connectivity index (χ4n) is 7.44. The summed E-state index contributed by atoms with van der Waals surface area (Å²) >= 11 is 0. The zero-order chi connectivity index (χ0) is 29.7. The molecule has 1 N–H and O–H groups in total. The highest BCUT2D eigenvalue weighted by atomic mass is 16.3. The molecule has 1 unspecified atom stereocenters. The van der Waals surface area contributed by atoms with E-state index < -0.39 is 0 Å². The number of nitrogens with zero attached hydrogens (tertiary/aromatic N) is 5. The van der Waals surface area contributed by atoms with Gasteiger partial charge in [0.15, 0.2) is 0 Å². The van der Waals surface area contributed by atoms with E-state index in [1.165, 1.54) is 24.1 Å². The first-order valence-electron chi connectivity index (χ1n) is 15.5. The molecule has 4 aromatic rings. The van der Waals surface area contributed by atoms with Crippen LogP contribution in [0.15, 0.2) is 59.7 Å².